The Morgan fingerprint density at radius 2 is 2.27 bits per heavy atom. The quantitative estimate of drug-likeness (QED) is 0.485. The second kappa shape index (κ2) is 6.10. The fourth-order valence-corrected chi connectivity index (χ4v) is 0.821. The van der Waals surface area contributed by atoms with Crippen LogP contribution in [0.3, 0.4) is 0 Å². The lowest BCUT2D eigenvalue weighted by atomic mass is 10.1. The van der Waals surface area contributed by atoms with Gasteiger partial charge in [0.25, 0.3) is 0 Å². The molecule has 64 valence electrons. The molecule has 0 aromatic rings. The minimum Gasteiger partial charge on any atom is -0.393 e. The number of hydrogen-bond donors (Lipinski definition) is 1. The van der Waals surface area contributed by atoms with Crippen molar-refractivity contribution in [1.29, 1.82) is 0 Å². The first-order valence-electron chi connectivity index (χ1n) is 4.00. The van der Waals surface area contributed by atoms with Crippen molar-refractivity contribution in [2.24, 2.45) is 0 Å². The predicted octanol–water partition coefficient (Wildman–Crippen LogP) is 1.68. The van der Waals surface area contributed by atoms with Gasteiger partial charge in [0.1, 0.15) is 6.29 Å². The largest absolute Gasteiger partial charge is 0.393 e. The second-order valence-electron chi connectivity index (χ2n) is 2.74. The van der Waals surface area contributed by atoms with Crippen LogP contribution in [0.25, 0.3) is 0 Å². The van der Waals surface area contributed by atoms with E-state index in [1.807, 2.05) is 6.92 Å². The lowest BCUT2D eigenvalue weighted by molar-refractivity contribution is -0.104. The van der Waals surface area contributed by atoms with E-state index in [-0.39, 0.29) is 6.10 Å². The van der Waals surface area contributed by atoms with Gasteiger partial charge in [-0.15, -0.1) is 0 Å². The minimum absolute atomic E-state index is 0.283. The molecule has 0 spiro atoms. The van der Waals surface area contributed by atoms with E-state index in [4.69, 9.17) is 0 Å². The summed E-state index contributed by atoms with van der Waals surface area (Å²) >= 11 is 0. The first kappa shape index (κ1) is 10.4. The van der Waals surface area contributed by atoms with Crippen molar-refractivity contribution in [1.82, 2.24) is 0 Å². The fraction of sp³-hybridized carbons (Fsp3) is 0.667. The molecule has 1 N–H and O–H groups in total. The van der Waals surface area contributed by atoms with Crippen molar-refractivity contribution in [2.45, 2.75) is 39.2 Å². The molecular formula is C9H16O2. The molecule has 1 atom stereocenters. The van der Waals surface area contributed by atoms with E-state index >= 15 is 0 Å². The highest BCUT2D eigenvalue weighted by molar-refractivity contribution is 5.71. The predicted molar refractivity (Wildman–Crippen MR) is 45.4 cm³/mol. The second-order valence-corrected chi connectivity index (χ2v) is 2.74. The average Bonchev–Trinajstić information content (AvgIpc) is 2.01. The molecule has 0 aromatic heterocycles. The molecule has 0 aliphatic rings. The van der Waals surface area contributed by atoms with Crippen LogP contribution in [0.15, 0.2) is 11.6 Å². The lowest BCUT2D eigenvalue weighted by Crippen LogP contribution is -2.03. The van der Waals surface area contributed by atoms with E-state index in [2.05, 4.69) is 0 Å². The average molecular weight is 156 g/mol. The number of aliphatic hydroxyl groups excluding tert-OH is 1. The monoisotopic (exact) mass is 156 g/mol. The van der Waals surface area contributed by atoms with E-state index in [0.717, 1.165) is 19.1 Å². The van der Waals surface area contributed by atoms with Crippen molar-refractivity contribution < 1.29 is 9.90 Å². The van der Waals surface area contributed by atoms with E-state index in [0.29, 0.717) is 12.0 Å². The van der Waals surface area contributed by atoms with Crippen molar-refractivity contribution >= 4 is 6.29 Å². The molecule has 0 rings (SSSR count). The van der Waals surface area contributed by atoms with Gasteiger partial charge in [0.15, 0.2) is 0 Å². The molecule has 2 heteroatoms. The summed E-state index contributed by atoms with van der Waals surface area (Å²) in [5.74, 6) is 0. The Morgan fingerprint density at radius 3 is 2.73 bits per heavy atom. The summed E-state index contributed by atoms with van der Waals surface area (Å²) < 4.78 is 0. The van der Waals surface area contributed by atoms with Crippen LogP contribution in [0.5, 0.6) is 0 Å². The van der Waals surface area contributed by atoms with Crippen molar-refractivity contribution in [3.63, 3.8) is 0 Å². The summed E-state index contributed by atoms with van der Waals surface area (Å²) in [7, 11) is 0. The summed E-state index contributed by atoms with van der Waals surface area (Å²) in [6.07, 6.45) is 4.68. The van der Waals surface area contributed by atoms with E-state index < -0.39 is 0 Å². The summed E-state index contributed by atoms with van der Waals surface area (Å²) in [5.41, 5.74) is 0.695. The van der Waals surface area contributed by atoms with Crippen LogP contribution >= 0.6 is 0 Å². The van der Waals surface area contributed by atoms with Crippen LogP contribution < -0.4 is 0 Å². The lowest BCUT2D eigenvalue weighted by Gasteiger charge is -2.04. The molecule has 0 fully saturated rings. The minimum atomic E-state index is -0.283. The van der Waals surface area contributed by atoms with Gasteiger partial charge in [0, 0.05) is 0 Å². The topological polar surface area (TPSA) is 37.3 Å². The summed E-state index contributed by atoms with van der Waals surface area (Å²) in [4.78, 5) is 10.1. The standard InChI is InChI=1S/C9H16O2/c1-3-4-9(11)6-5-8(2)7-10/h5,7,9,11H,3-4,6H2,1-2H3. The van der Waals surface area contributed by atoms with Gasteiger partial charge in [0.2, 0.25) is 0 Å². The van der Waals surface area contributed by atoms with E-state index in [1.54, 1.807) is 13.0 Å². The van der Waals surface area contributed by atoms with Gasteiger partial charge in [-0.05, 0) is 25.3 Å². The first-order chi connectivity index (χ1) is 5.20. The Morgan fingerprint density at radius 1 is 1.64 bits per heavy atom. The fourth-order valence-electron chi connectivity index (χ4n) is 0.821. The maximum absolute atomic E-state index is 10.1. The van der Waals surface area contributed by atoms with Crippen LogP contribution in [0.2, 0.25) is 0 Å². The van der Waals surface area contributed by atoms with Gasteiger partial charge in [-0.1, -0.05) is 19.4 Å². The maximum atomic E-state index is 10.1. The molecule has 0 saturated carbocycles. The molecule has 0 saturated heterocycles. The zero-order chi connectivity index (χ0) is 8.69. The van der Waals surface area contributed by atoms with Crippen molar-refractivity contribution in [3.8, 4) is 0 Å². The maximum Gasteiger partial charge on any atom is 0.145 e. The number of hydrogen-bond acceptors (Lipinski definition) is 2. The highest BCUT2D eigenvalue weighted by Crippen LogP contribution is 2.03. The molecule has 0 amide bonds. The van der Waals surface area contributed by atoms with E-state index in [1.165, 1.54) is 0 Å². The van der Waals surface area contributed by atoms with Crippen molar-refractivity contribution in [2.75, 3.05) is 0 Å². The zero-order valence-corrected chi connectivity index (χ0v) is 7.21. The van der Waals surface area contributed by atoms with Gasteiger partial charge < -0.3 is 5.11 Å². The Balaban J connectivity index is 3.59. The highest BCUT2D eigenvalue weighted by Gasteiger charge is 1.98. The Labute approximate surface area is 67.9 Å². The molecule has 0 bridgehead atoms. The van der Waals surface area contributed by atoms with Crippen molar-refractivity contribution in [3.05, 3.63) is 11.6 Å². The third kappa shape index (κ3) is 5.80. The number of carbonyl (C=O) groups is 1. The molecule has 2 nitrogen and oxygen atoms in total. The third-order valence-electron chi connectivity index (χ3n) is 1.52. The summed E-state index contributed by atoms with van der Waals surface area (Å²) in [5, 5.41) is 9.23. The number of rotatable bonds is 5. The number of aldehydes is 1. The number of aliphatic hydroxyl groups is 1. The van der Waals surface area contributed by atoms with Gasteiger partial charge in [-0.3, -0.25) is 4.79 Å². The molecule has 11 heavy (non-hydrogen) atoms. The van der Waals surface area contributed by atoms with Crippen LogP contribution in [0, 0.1) is 0 Å². The highest BCUT2D eigenvalue weighted by atomic mass is 16.3. The van der Waals surface area contributed by atoms with Gasteiger partial charge >= 0.3 is 0 Å². The smallest absolute Gasteiger partial charge is 0.145 e. The zero-order valence-electron chi connectivity index (χ0n) is 7.21. The summed E-state index contributed by atoms with van der Waals surface area (Å²) in [6, 6.07) is 0. The number of allylic oxidation sites excluding steroid dienone is 1. The molecular weight excluding hydrogens is 140 g/mol. The Bertz CT molecular complexity index is 138. The Kier molecular flexibility index (Phi) is 5.75. The first-order valence-corrected chi connectivity index (χ1v) is 4.00. The molecule has 0 radical (unpaired) electrons. The van der Waals surface area contributed by atoms with Gasteiger partial charge in [-0.2, -0.15) is 0 Å². The SMILES string of the molecule is CCCC(O)CC=C(C)C=O. The third-order valence-corrected chi connectivity index (χ3v) is 1.52. The summed E-state index contributed by atoms with van der Waals surface area (Å²) in [6.45, 7) is 3.77. The number of carbonyl (C=O) groups excluding carboxylic acids is 1. The molecule has 1 unspecified atom stereocenters. The molecule has 0 aliphatic carbocycles. The van der Waals surface area contributed by atoms with Crippen LogP contribution in [0.4, 0.5) is 0 Å². The van der Waals surface area contributed by atoms with Crippen LogP contribution in [-0.2, 0) is 4.79 Å². The molecule has 0 aliphatic heterocycles. The van der Waals surface area contributed by atoms with Crippen LogP contribution in [0.1, 0.15) is 33.1 Å². The van der Waals surface area contributed by atoms with Gasteiger partial charge in [-0.25, -0.2) is 0 Å². The molecule has 0 heterocycles. The molecule has 0 aromatic carbocycles. The van der Waals surface area contributed by atoms with Crippen LogP contribution in [-0.4, -0.2) is 17.5 Å². The van der Waals surface area contributed by atoms with Gasteiger partial charge in [0.05, 0.1) is 6.10 Å². The normalized spacial score (nSPS) is 14.6. The van der Waals surface area contributed by atoms with E-state index in [9.17, 15) is 9.90 Å². The Hall–Kier alpha value is -0.630.